The molecule has 0 unspecified atom stereocenters. The number of rotatable bonds is 3. The van der Waals surface area contributed by atoms with E-state index in [-0.39, 0.29) is 24.4 Å². The fourth-order valence-electron chi connectivity index (χ4n) is 1.92. The van der Waals surface area contributed by atoms with Gasteiger partial charge in [0.1, 0.15) is 6.10 Å². The smallest absolute Gasteiger partial charge is 0.407 e. The Bertz CT molecular complexity index is 454. The van der Waals surface area contributed by atoms with Gasteiger partial charge in [-0.05, 0) is 30.5 Å². The zero-order valence-electron chi connectivity index (χ0n) is 10.4. The Morgan fingerprint density at radius 1 is 1.32 bits per heavy atom. The molecule has 0 radical (unpaired) electrons. The SMILES string of the molecule is CC[C@H]1OC(=O)N[C@@H]1Cc1ccc(Br)cc1.O=C=O. The highest BCUT2D eigenvalue weighted by molar-refractivity contribution is 9.10. The average Bonchev–Trinajstić information content (AvgIpc) is 2.73. The number of amides is 1. The lowest BCUT2D eigenvalue weighted by atomic mass is 10.0. The molecular weight excluding hydrogens is 314 g/mol. The maximum atomic E-state index is 11.1. The Hall–Kier alpha value is -1.65. The molecule has 0 saturated carbocycles. The first-order valence-electron chi connectivity index (χ1n) is 5.81. The molecule has 1 aromatic carbocycles. The normalized spacial score (nSPS) is 20.6. The Morgan fingerprint density at radius 3 is 2.42 bits per heavy atom. The van der Waals surface area contributed by atoms with Gasteiger partial charge in [0.15, 0.2) is 0 Å². The van der Waals surface area contributed by atoms with Gasteiger partial charge >= 0.3 is 12.2 Å². The number of cyclic esters (lactones) is 1. The average molecular weight is 328 g/mol. The summed E-state index contributed by atoms with van der Waals surface area (Å²) in [6.45, 7) is 2.03. The molecule has 1 aliphatic rings. The van der Waals surface area contributed by atoms with Crippen LogP contribution in [0.25, 0.3) is 0 Å². The van der Waals surface area contributed by atoms with E-state index in [9.17, 15) is 4.79 Å². The minimum absolute atomic E-state index is 0.00357. The number of nitrogens with one attached hydrogen (secondary N) is 1. The molecule has 0 aromatic heterocycles. The summed E-state index contributed by atoms with van der Waals surface area (Å²) in [6.07, 6.45) is 1.61. The lowest BCUT2D eigenvalue weighted by molar-refractivity contribution is -0.191. The van der Waals surface area contributed by atoms with Crippen molar-refractivity contribution in [2.75, 3.05) is 0 Å². The molecule has 1 aliphatic heterocycles. The molecule has 1 N–H and O–H groups in total. The van der Waals surface area contributed by atoms with Crippen molar-refractivity contribution in [2.45, 2.75) is 31.9 Å². The van der Waals surface area contributed by atoms with Crippen molar-refractivity contribution in [3.8, 4) is 0 Å². The zero-order chi connectivity index (χ0) is 14.3. The molecule has 1 heterocycles. The molecule has 19 heavy (non-hydrogen) atoms. The van der Waals surface area contributed by atoms with Crippen LogP contribution in [0.1, 0.15) is 18.9 Å². The molecule has 0 bridgehead atoms. The highest BCUT2D eigenvalue weighted by Crippen LogP contribution is 2.18. The number of carbonyl (C=O) groups is 1. The highest BCUT2D eigenvalue weighted by atomic mass is 79.9. The fourth-order valence-corrected chi connectivity index (χ4v) is 2.19. The predicted molar refractivity (Wildman–Crippen MR) is 70.3 cm³/mol. The molecule has 5 nitrogen and oxygen atoms in total. The van der Waals surface area contributed by atoms with Gasteiger partial charge in [-0.2, -0.15) is 9.59 Å². The van der Waals surface area contributed by atoms with Gasteiger partial charge in [-0.15, -0.1) is 0 Å². The molecule has 6 heteroatoms. The van der Waals surface area contributed by atoms with Gasteiger partial charge in [-0.1, -0.05) is 35.0 Å². The number of alkyl carbamates (subject to hydrolysis) is 1. The zero-order valence-corrected chi connectivity index (χ0v) is 12.0. The number of carbonyl (C=O) groups excluding carboxylic acids is 3. The fraction of sp³-hybridized carbons (Fsp3) is 0.385. The van der Waals surface area contributed by atoms with E-state index in [1.54, 1.807) is 0 Å². The van der Waals surface area contributed by atoms with Crippen molar-refractivity contribution in [1.29, 1.82) is 0 Å². The minimum atomic E-state index is -0.297. The minimum Gasteiger partial charge on any atom is -0.444 e. The summed E-state index contributed by atoms with van der Waals surface area (Å²) in [7, 11) is 0. The molecule has 2 atom stereocenters. The number of halogens is 1. The van der Waals surface area contributed by atoms with Crippen molar-refractivity contribution in [2.24, 2.45) is 0 Å². The topological polar surface area (TPSA) is 72.5 Å². The first-order chi connectivity index (χ1) is 9.10. The van der Waals surface area contributed by atoms with E-state index < -0.39 is 0 Å². The standard InChI is InChI=1S/C12H14BrNO2.CO2/c1-2-11-10(14-12(15)16-11)7-8-3-5-9(13)6-4-8;2-1-3/h3-6,10-11H,2,7H2,1H3,(H,14,15);/t10-,11-;/m1./s1. The lowest BCUT2D eigenvalue weighted by Gasteiger charge is -2.14. The summed E-state index contributed by atoms with van der Waals surface area (Å²) in [5, 5.41) is 2.85. The number of hydrogen-bond acceptors (Lipinski definition) is 4. The first kappa shape index (κ1) is 15.4. The Balaban J connectivity index is 0.000000550. The van der Waals surface area contributed by atoms with E-state index in [1.165, 1.54) is 5.56 Å². The third kappa shape index (κ3) is 4.85. The van der Waals surface area contributed by atoms with Gasteiger partial charge in [-0.3, -0.25) is 0 Å². The van der Waals surface area contributed by atoms with Crippen LogP contribution in [-0.2, 0) is 20.7 Å². The summed E-state index contributed by atoms with van der Waals surface area (Å²) < 4.78 is 6.22. The summed E-state index contributed by atoms with van der Waals surface area (Å²) in [4.78, 5) is 27.4. The Kier molecular flexibility index (Phi) is 6.25. The molecule has 0 spiro atoms. The van der Waals surface area contributed by atoms with E-state index in [2.05, 4.69) is 33.4 Å². The first-order valence-corrected chi connectivity index (χ1v) is 6.60. The maximum Gasteiger partial charge on any atom is 0.407 e. The van der Waals surface area contributed by atoms with Crippen molar-refractivity contribution in [3.05, 3.63) is 34.3 Å². The van der Waals surface area contributed by atoms with Gasteiger partial charge in [0.2, 0.25) is 0 Å². The van der Waals surface area contributed by atoms with Crippen LogP contribution in [0.2, 0.25) is 0 Å². The van der Waals surface area contributed by atoms with Crippen LogP contribution in [-0.4, -0.2) is 24.4 Å². The largest absolute Gasteiger partial charge is 0.444 e. The van der Waals surface area contributed by atoms with E-state index in [0.29, 0.717) is 0 Å². The quantitative estimate of drug-likeness (QED) is 0.924. The maximum absolute atomic E-state index is 11.1. The summed E-state index contributed by atoms with van der Waals surface area (Å²) in [5.74, 6) is 0. The van der Waals surface area contributed by atoms with Crippen molar-refractivity contribution < 1.29 is 19.1 Å². The summed E-state index contributed by atoms with van der Waals surface area (Å²) in [6, 6.07) is 8.23. The van der Waals surface area contributed by atoms with Crippen molar-refractivity contribution in [1.82, 2.24) is 5.32 Å². The van der Waals surface area contributed by atoms with Crippen molar-refractivity contribution in [3.63, 3.8) is 0 Å². The molecular formula is C13H14BrNO4. The van der Waals surface area contributed by atoms with Crippen LogP contribution in [0.5, 0.6) is 0 Å². The number of hydrogen-bond donors (Lipinski definition) is 1. The molecule has 1 saturated heterocycles. The predicted octanol–water partition coefficient (Wildman–Crippen LogP) is 2.30. The Labute approximate surface area is 119 Å². The second-order valence-corrected chi connectivity index (χ2v) is 4.93. The van der Waals surface area contributed by atoms with E-state index in [1.807, 2.05) is 19.1 Å². The second-order valence-electron chi connectivity index (χ2n) is 4.02. The Morgan fingerprint density at radius 2 is 1.89 bits per heavy atom. The van der Waals surface area contributed by atoms with Crippen LogP contribution >= 0.6 is 15.9 Å². The third-order valence-electron chi connectivity index (χ3n) is 2.78. The molecule has 1 aromatic rings. The van der Waals surface area contributed by atoms with Crippen LogP contribution < -0.4 is 5.32 Å². The number of ether oxygens (including phenoxy) is 1. The van der Waals surface area contributed by atoms with E-state index in [4.69, 9.17) is 14.3 Å². The molecule has 1 fully saturated rings. The highest BCUT2D eigenvalue weighted by Gasteiger charge is 2.32. The summed E-state index contributed by atoms with van der Waals surface area (Å²) in [5.41, 5.74) is 1.21. The van der Waals surface area contributed by atoms with Crippen LogP contribution in [0.15, 0.2) is 28.7 Å². The third-order valence-corrected chi connectivity index (χ3v) is 3.31. The van der Waals surface area contributed by atoms with Crippen LogP contribution in [0.3, 0.4) is 0 Å². The van der Waals surface area contributed by atoms with Crippen molar-refractivity contribution >= 4 is 28.2 Å². The molecule has 2 rings (SSSR count). The van der Waals surface area contributed by atoms with E-state index in [0.717, 1.165) is 17.3 Å². The van der Waals surface area contributed by atoms with Gasteiger partial charge in [0.25, 0.3) is 0 Å². The van der Waals surface area contributed by atoms with E-state index >= 15 is 0 Å². The van der Waals surface area contributed by atoms with Gasteiger partial charge in [0.05, 0.1) is 6.04 Å². The van der Waals surface area contributed by atoms with Crippen LogP contribution in [0.4, 0.5) is 4.79 Å². The van der Waals surface area contributed by atoms with Gasteiger partial charge < -0.3 is 10.1 Å². The monoisotopic (exact) mass is 327 g/mol. The molecule has 0 aliphatic carbocycles. The lowest BCUT2D eigenvalue weighted by Crippen LogP contribution is -2.33. The van der Waals surface area contributed by atoms with Gasteiger partial charge in [0, 0.05) is 4.47 Å². The second kappa shape index (κ2) is 7.71. The number of benzene rings is 1. The molecule has 102 valence electrons. The van der Waals surface area contributed by atoms with Gasteiger partial charge in [-0.25, -0.2) is 4.79 Å². The molecule has 1 amide bonds. The van der Waals surface area contributed by atoms with Crippen LogP contribution in [0, 0.1) is 0 Å². The summed E-state index contributed by atoms with van der Waals surface area (Å²) >= 11 is 3.40.